The molecule has 2 rings (SSSR count). The highest BCUT2D eigenvalue weighted by atomic mass is 19.3. The number of nitrogens with one attached hydrogen (secondary N) is 1. The topological polar surface area (TPSA) is 60.1 Å². The van der Waals surface area contributed by atoms with Crippen molar-refractivity contribution in [2.45, 2.75) is 32.4 Å². The zero-order valence-corrected chi connectivity index (χ0v) is 11.5. The summed E-state index contributed by atoms with van der Waals surface area (Å²) in [6, 6.07) is 2.69. The molecule has 0 aliphatic rings. The van der Waals surface area contributed by atoms with Crippen molar-refractivity contribution in [3.8, 4) is 0 Å². The summed E-state index contributed by atoms with van der Waals surface area (Å²) < 4.78 is 56.6. The minimum Gasteiger partial charge on any atom is -0.467 e. The zero-order valence-electron chi connectivity index (χ0n) is 11.5. The fourth-order valence-corrected chi connectivity index (χ4v) is 1.85. The number of carbonyl (C=O) groups excluding carboxylic acids is 1. The standard InChI is InChI=1S/C13H13F4N3O2/c1-7(13(21)18-6-8-3-2-4-22-8)20-10(12(16)17)5-9(19-20)11(14)15/h2-5,7,11-12H,6H2,1H3,(H,18,21). The number of alkyl halides is 4. The predicted octanol–water partition coefficient (Wildman–Crippen LogP) is 3.23. The Hall–Kier alpha value is -2.32. The molecule has 0 saturated heterocycles. The van der Waals surface area contributed by atoms with Crippen molar-refractivity contribution in [1.82, 2.24) is 15.1 Å². The number of aromatic nitrogens is 2. The smallest absolute Gasteiger partial charge is 0.282 e. The third kappa shape index (κ3) is 3.46. The second-order valence-corrected chi connectivity index (χ2v) is 4.51. The molecule has 5 nitrogen and oxygen atoms in total. The molecule has 0 aromatic carbocycles. The fraction of sp³-hybridized carbons (Fsp3) is 0.385. The maximum absolute atomic E-state index is 12.9. The molecule has 1 unspecified atom stereocenters. The van der Waals surface area contributed by atoms with Crippen LogP contribution in [0.1, 0.15) is 43.0 Å². The summed E-state index contributed by atoms with van der Waals surface area (Å²) in [5.74, 6) is -0.161. The maximum Gasteiger partial charge on any atom is 0.282 e. The van der Waals surface area contributed by atoms with Gasteiger partial charge in [-0.15, -0.1) is 0 Å². The lowest BCUT2D eigenvalue weighted by Gasteiger charge is -2.15. The van der Waals surface area contributed by atoms with E-state index in [0.29, 0.717) is 16.5 Å². The van der Waals surface area contributed by atoms with E-state index < -0.39 is 36.2 Å². The van der Waals surface area contributed by atoms with Gasteiger partial charge in [0.1, 0.15) is 23.2 Å². The van der Waals surface area contributed by atoms with Gasteiger partial charge >= 0.3 is 0 Å². The number of hydrogen-bond acceptors (Lipinski definition) is 3. The van der Waals surface area contributed by atoms with Gasteiger partial charge in [0.15, 0.2) is 0 Å². The molecule has 0 bridgehead atoms. The highest BCUT2D eigenvalue weighted by Gasteiger charge is 2.26. The summed E-state index contributed by atoms with van der Waals surface area (Å²) in [4.78, 5) is 11.9. The van der Waals surface area contributed by atoms with Crippen LogP contribution < -0.4 is 5.32 Å². The molecule has 1 atom stereocenters. The minimum absolute atomic E-state index is 0.0587. The van der Waals surface area contributed by atoms with Crippen LogP contribution in [0.4, 0.5) is 17.6 Å². The maximum atomic E-state index is 12.9. The molecular weight excluding hydrogens is 306 g/mol. The fourth-order valence-electron chi connectivity index (χ4n) is 1.85. The van der Waals surface area contributed by atoms with Gasteiger partial charge < -0.3 is 9.73 Å². The van der Waals surface area contributed by atoms with Crippen molar-refractivity contribution in [2.24, 2.45) is 0 Å². The van der Waals surface area contributed by atoms with Crippen LogP contribution in [0.15, 0.2) is 28.9 Å². The van der Waals surface area contributed by atoms with Crippen molar-refractivity contribution in [1.29, 1.82) is 0 Å². The van der Waals surface area contributed by atoms with Gasteiger partial charge in [-0.25, -0.2) is 17.6 Å². The molecule has 1 N–H and O–H groups in total. The Bertz CT molecular complexity index is 625. The Kier molecular flexibility index (Phi) is 4.84. The summed E-state index contributed by atoms with van der Waals surface area (Å²) in [5.41, 5.74) is -1.52. The van der Waals surface area contributed by atoms with E-state index >= 15 is 0 Å². The number of hydrogen-bond donors (Lipinski definition) is 1. The SMILES string of the molecule is CC(C(=O)NCc1ccco1)n1nc(C(F)F)cc1C(F)F. The normalized spacial score (nSPS) is 12.9. The minimum atomic E-state index is -3.01. The summed E-state index contributed by atoms with van der Waals surface area (Å²) in [6.07, 6.45) is -4.58. The third-order valence-electron chi connectivity index (χ3n) is 2.99. The van der Waals surface area contributed by atoms with E-state index in [2.05, 4.69) is 10.4 Å². The number of furan rings is 1. The molecule has 2 heterocycles. The molecule has 0 fully saturated rings. The van der Waals surface area contributed by atoms with Crippen molar-refractivity contribution < 1.29 is 26.8 Å². The van der Waals surface area contributed by atoms with Crippen molar-refractivity contribution >= 4 is 5.91 Å². The predicted molar refractivity (Wildman–Crippen MR) is 67.4 cm³/mol. The highest BCUT2D eigenvalue weighted by molar-refractivity contribution is 5.79. The first kappa shape index (κ1) is 16.1. The molecule has 9 heteroatoms. The molecule has 1 amide bonds. The van der Waals surface area contributed by atoms with Gasteiger partial charge in [-0.05, 0) is 25.1 Å². The summed E-state index contributed by atoms with van der Waals surface area (Å²) in [6.45, 7) is 1.36. The van der Waals surface area contributed by atoms with E-state index in [1.165, 1.54) is 13.2 Å². The van der Waals surface area contributed by atoms with Crippen LogP contribution in [0.2, 0.25) is 0 Å². The van der Waals surface area contributed by atoms with Crippen LogP contribution in [0.3, 0.4) is 0 Å². The van der Waals surface area contributed by atoms with E-state index in [-0.39, 0.29) is 6.54 Å². The molecule has 0 aliphatic carbocycles. The lowest BCUT2D eigenvalue weighted by Crippen LogP contribution is -2.31. The zero-order chi connectivity index (χ0) is 16.3. The molecule has 0 aliphatic heterocycles. The summed E-state index contributed by atoms with van der Waals surface area (Å²) >= 11 is 0. The van der Waals surface area contributed by atoms with E-state index in [1.807, 2.05) is 0 Å². The van der Waals surface area contributed by atoms with Crippen LogP contribution in [-0.2, 0) is 11.3 Å². The highest BCUT2D eigenvalue weighted by Crippen LogP contribution is 2.27. The Balaban J connectivity index is 2.13. The Morgan fingerprint density at radius 2 is 2.09 bits per heavy atom. The summed E-state index contributed by atoms with van der Waals surface area (Å²) in [7, 11) is 0. The first-order valence-electron chi connectivity index (χ1n) is 6.36. The molecule has 120 valence electrons. The number of nitrogens with zero attached hydrogens (tertiary/aromatic N) is 2. The van der Waals surface area contributed by atoms with Crippen molar-refractivity contribution in [3.05, 3.63) is 41.6 Å². The Morgan fingerprint density at radius 1 is 1.36 bits per heavy atom. The molecule has 0 saturated carbocycles. The number of carbonyl (C=O) groups is 1. The lowest BCUT2D eigenvalue weighted by molar-refractivity contribution is -0.124. The lowest BCUT2D eigenvalue weighted by atomic mass is 10.3. The van der Waals surface area contributed by atoms with Crippen LogP contribution in [0.25, 0.3) is 0 Å². The number of halogens is 4. The quantitative estimate of drug-likeness (QED) is 0.832. The number of rotatable bonds is 6. The van der Waals surface area contributed by atoms with Gasteiger partial charge in [-0.3, -0.25) is 9.48 Å². The van der Waals surface area contributed by atoms with Crippen LogP contribution >= 0.6 is 0 Å². The van der Waals surface area contributed by atoms with E-state index in [9.17, 15) is 22.4 Å². The van der Waals surface area contributed by atoms with Crippen LogP contribution in [0, 0.1) is 0 Å². The molecule has 0 radical (unpaired) electrons. The first-order valence-corrected chi connectivity index (χ1v) is 6.36. The van der Waals surface area contributed by atoms with Crippen LogP contribution in [0.5, 0.6) is 0 Å². The van der Waals surface area contributed by atoms with Crippen molar-refractivity contribution in [3.63, 3.8) is 0 Å². The third-order valence-corrected chi connectivity index (χ3v) is 2.99. The average Bonchev–Trinajstić information content (AvgIpc) is 3.12. The van der Waals surface area contributed by atoms with E-state index in [1.54, 1.807) is 12.1 Å². The molecule has 0 spiro atoms. The number of amides is 1. The summed E-state index contributed by atoms with van der Waals surface area (Å²) in [5, 5.41) is 5.86. The van der Waals surface area contributed by atoms with Gasteiger partial charge in [0.2, 0.25) is 5.91 Å². The average molecular weight is 319 g/mol. The van der Waals surface area contributed by atoms with E-state index in [4.69, 9.17) is 4.42 Å². The molecule has 22 heavy (non-hydrogen) atoms. The Labute approximate surface area is 122 Å². The van der Waals surface area contributed by atoms with E-state index in [0.717, 1.165) is 0 Å². The second kappa shape index (κ2) is 6.63. The first-order chi connectivity index (χ1) is 10.4. The molecular formula is C13H13F4N3O2. The Morgan fingerprint density at radius 3 is 2.64 bits per heavy atom. The molecule has 2 aromatic rings. The monoisotopic (exact) mass is 319 g/mol. The van der Waals surface area contributed by atoms with Gasteiger partial charge in [0.25, 0.3) is 12.9 Å². The second-order valence-electron chi connectivity index (χ2n) is 4.51. The van der Waals surface area contributed by atoms with Gasteiger partial charge in [-0.1, -0.05) is 0 Å². The largest absolute Gasteiger partial charge is 0.467 e. The van der Waals surface area contributed by atoms with Gasteiger partial charge in [-0.2, -0.15) is 5.10 Å². The van der Waals surface area contributed by atoms with Gasteiger partial charge in [0, 0.05) is 0 Å². The molecule has 2 aromatic heterocycles. The van der Waals surface area contributed by atoms with Crippen LogP contribution in [-0.4, -0.2) is 15.7 Å². The van der Waals surface area contributed by atoms with Crippen molar-refractivity contribution in [2.75, 3.05) is 0 Å². The van der Waals surface area contributed by atoms with Gasteiger partial charge in [0.05, 0.1) is 12.8 Å².